The molecular weight excluding hydrogens is 390 g/mol. The Morgan fingerprint density at radius 2 is 1.86 bits per heavy atom. The highest BCUT2D eigenvalue weighted by atomic mass is 19.4. The normalized spacial score (nSPS) is 12.2. The number of ether oxygens (including phenoxy) is 1. The van der Waals surface area contributed by atoms with Gasteiger partial charge < -0.3 is 15.0 Å². The highest BCUT2D eigenvalue weighted by molar-refractivity contribution is 5.81. The van der Waals surface area contributed by atoms with E-state index in [1.54, 1.807) is 29.6 Å². The van der Waals surface area contributed by atoms with Crippen molar-refractivity contribution in [1.82, 2.24) is 15.3 Å². The molecule has 2 aromatic carbocycles. The van der Waals surface area contributed by atoms with E-state index in [9.17, 15) is 22.4 Å². The van der Waals surface area contributed by atoms with E-state index in [1.807, 2.05) is 24.3 Å². The standard InChI is InChI=1S/C20H17F4N3O2/c21-11-13(9-10-25-19(28)20(22,23)24)12-29-15-7-5-14(6-8-15)18-26-16-3-1-2-4-17(16)27-18/h1-8,11H,9-10,12H2,(H,25,28)(H,26,27)/b13-11+. The fourth-order valence-corrected chi connectivity index (χ4v) is 2.57. The molecule has 5 nitrogen and oxygen atoms in total. The number of alkyl halides is 3. The molecule has 2 N–H and O–H groups in total. The van der Waals surface area contributed by atoms with Crippen molar-refractivity contribution < 1.29 is 27.1 Å². The minimum absolute atomic E-state index is 0.102. The smallest absolute Gasteiger partial charge is 0.471 e. The number of hydrogen-bond acceptors (Lipinski definition) is 3. The first kappa shape index (κ1) is 20.4. The zero-order valence-corrected chi connectivity index (χ0v) is 15.1. The summed E-state index contributed by atoms with van der Waals surface area (Å²) in [5.74, 6) is -0.899. The number of imidazole rings is 1. The van der Waals surface area contributed by atoms with Crippen LogP contribution in [0, 0.1) is 0 Å². The number of para-hydroxylation sites is 2. The Hall–Kier alpha value is -3.36. The Bertz CT molecular complexity index is 977. The van der Waals surface area contributed by atoms with Gasteiger partial charge in [-0.1, -0.05) is 12.1 Å². The van der Waals surface area contributed by atoms with Crippen LogP contribution in [0.4, 0.5) is 17.6 Å². The lowest BCUT2D eigenvalue weighted by Gasteiger charge is -2.11. The van der Waals surface area contributed by atoms with Gasteiger partial charge in [-0.05, 0) is 48.4 Å². The van der Waals surface area contributed by atoms with Gasteiger partial charge in [-0.25, -0.2) is 9.37 Å². The fourth-order valence-electron chi connectivity index (χ4n) is 2.57. The summed E-state index contributed by atoms with van der Waals surface area (Å²) in [5, 5.41) is 1.68. The summed E-state index contributed by atoms with van der Waals surface area (Å²) in [6.45, 7) is -0.495. The van der Waals surface area contributed by atoms with Gasteiger partial charge in [0, 0.05) is 12.1 Å². The molecule has 0 saturated carbocycles. The van der Waals surface area contributed by atoms with Crippen molar-refractivity contribution >= 4 is 16.9 Å². The maximum atomic E-state index is 12.9. The third kappa shape index (κ3) is 5.34. The molecule has 1 amide bonds. The quantitative estimate of drug-likeness (QED) is 0.566. The number of carbonyl (C=O) groups is 1. The van der Waals surface area contributed by atoms with Crippen LogP contribution in [0.2, 0.25) is 0 Å². The minimum atomic E-state index is -4.96. The van der Waals surface area contributed by atoms with Gasteiger partial charge in [-0.2, -0.15) is 13.2 Å². The van der Waals surface area contributed by atoms with Crippen molar-refractivity contribution in [2.45, 2.75) is 12.6 Å². The molecule has 0 aliphatic rings. The largest absolute Gasteiger partial charge is 0.489 e. The molecule has 0 radical (unpaired) electrons. The maximum Gasteiger partial charge on any atom is 0.471 e. The number of halogens is 4. The van der Waals surface area contributed by atoms with Crippen LogP contribution in [0.25, 0.3) is 22.4 Å². The molecule has 0 fully saturated rings. The number of H-pyrrole nitrogens is 1. The lowest BCUT2D eigenvalue weighted by molar-refractivity contribution is -0.173. The SMILES string of the molecule is O=C(NCC/C(=C\F)COc1ccc(-c2nc3ccccc3[nH]2)cc1)C(F)(F)F. The number of aromatic amines is 1. The van der Waals surface area contributed by atoms with Crippen LogP contribution in [-0.2, 0) is 4.79 Å². The third-order valence-electron chi connectivity index (χ3n) is 4.08. The molecule has 0 saturated heterocycles. The van der Waals surface area contributed by atoms with Crippen LogP contribution in [0.5, 0.6) is 5.75 Å². The summed E-state index contributed by atoms with van der Waals surface area (Å²) in [6.07, 6.45) is -4.80. The summed E-state index contributed by atoms with van der Waals surface area (Å²) in [5.41, 5.74) is 2.72. The third-order valence-corrected chi connectivity index (χ3v) is 4.08. The zero-order chi connectivity index (χ0) is 20.9. The van der Waals surface area contributed by atoms with Gasteiger partial charge in [0.05, 0.1) is 17.4 Å². The molecule has 1 aromatic heterocycles. The van der Waals surface area contributed by atoms with E-state index in [4.69, 9.17) is 4.74 Å². The van der Waals surface area contributed by atoms with Gasteiger partial charge in [0.15, 0.2) is 0 Å². The molecule has 152 valence electrons. The van der Waals surface area contributed by atoms with Gasteiger partial charge >= 0.3 is 12.1 Å². The molecule has 0 unspecified atom stereocenters. The van der Waals surface area contributed by atoms with Crippen LogP contribution in [0.3, 0.4) is 0 Å². The Kier molecular flexibility index (Phi) is 6.16. The predicted molar refractivity (Wildman–Crippen MR) is 99.9 cm³/mol. The van der Waals surface area contributed by atoms with Crippen molar-refractivity contribution in [2.75, 3.05) is 13.2 Å². The van der Waals surface area contributed by atoms with Crippen molar-refractivity contribution in [3.63, 3.8) is 0 Å². The van der Waals surface area contributed by atoms with E-state index in [0.29, 0.717) is 11.6 Å². The number of nitrogens with one attached hydrogen (secondary N) is 2. The summed E-state index contributed by atoms with van der Waals surface area (Å²) < 4.78 is 54.7. The lowest BCUT2D eigenvalue weighted by Crippen LogP contribution is -2.37. The first-order chi connectivity index (χ1) is 13.9. The number of fused-ring (bicyclic) bond motifs is 1. The molecule has 3 rings (SSSR count). The topological polar surface area (TPSA) is 67.0 Å². The Morgan fingerprint density at radius 1 is 1.14 bits per heavy atom. The highest BCUT2D eigenvalue weighted by Gasteiger charge is 2.38. The highest BCUT2D eigenvalue weighted by Crippen LogP contribution is 2.23. The van der Waals surface area contributed by atoms with Crippen molar-refractivity contribution in [3.05, 3.63) is 60.4 Å². The second-order valence-corrected chi connectivity index (χ2v) is 6.19. The van der Waals surface area contributed by atoms with Gasteiger partial charge in [0.2, 0.25) is 0 Å². The van der Waals surface area contributed by atoms with E-state index in [2.05, 4.69) is 9.97 Å². The van der Waals surface area contributed by atoms with Crippen LogP contribution >= 0.6 is 0 Å². The van der Waals surface area contributed by atoms with Crippen molar-refractivity contribution in [1.29, 1.82) is 0 Å². The van der Waals surface area contributed by atoms with E-state index in [-0.39, 0.29) is 31.5 Å². The molecule has 0 aliphatic carbocycles. The molecule has 3 aromatic rings. The first-order valence-electron chi connectivity index (χ1n) is 8.68. The van der Waals surface area contributed by atoms with Crippen LogP contribution in [0.15, 0.2) is 60.4 Å². The number of amides is 1. The molecule has 0 spiro atoms. The number of hydrogen-bond donors (Lipinski definition) is 2. The van der Waals surface area contributed by atoms with Crippen LogP contribution in [-0.4, -0.2) is 35.2 Å². The summed E-state index contributed by atoms with van der Waals surface area (Å²) in [6, 6.07) is 14.6. The second kappa shape index (κ2) is 8.76. The first-order valence-corrected chi connectivity index (χ1v) is 8.68. The summed E-state index contributed by atoms with van der Waals surface area (Å²) >= 11 is 0. The number of carbonyl (C=O) groups excluding carboxylic acids is 1. The van der Waals surface area contributed by atoms with E-state index in [1.165, 1.54) is 0 Å². The number of rotatable bonds is 7. The average molecular weight is 407 g/mol. The Labute approximate surface area is 163 Å². The van der Waals surface area contributed by atoms with E-state index in [0.717, 1.165) is 16.6 Å². The molecular formula is C20H17F4N3O2. The Morgan fingerprint density at radius 3 is 2.52 bits per heavy atom. The Balaban J connectivity index is 1.53. The van der Waals surface area contributed by atoms with Crippen LogP contribution in [0.1, 0.15) is 6.42 Å². The number of nitrogens with zero attached hydrogens (tertiary/aromatic N) is 1. The summed E-state index contributed by atoms with van der Waals surface area (Å²) in [4.78, 5) is 18.4. The molecule has 9 heteroatoms. The number of benzene rings is 2. The molecule has 0 aliphatic heterocycles. The second-order valence-electron chi connectivity index (χ2n) is 6.19. The summed E-state index contributed by atoms with van der Waals surface area (Å²) in [7, 11) is 0. The number of aromatic nitrogens is 2. The molecule has 0 bridgehead atoms. The maximum absolute atomic E-state index is 12.9. The zero-order valence-electron chi connectivity index (χ0n) is 15.1. The molecule has 0 atom stereocenters. The molecule has 29 heavy (non-hydrogen) atoms. The van der Waals surface area contributed by atoms with Gasteiger partial charge in [-0.15, -0.1) is 0 Å². The van der Waals surface area contributed by atoms with Gasteiger partial charge in [-0.3, -0.25) is 4.79 Å². The van der Waals surface area contributed by atoms with Gasteiger partial charge in [0.25, 0.3) is 0 Å². The van der Waals surface area contributed by atoms with Gasteiger partial charge in [0.1, 0.15) is 18.2 Å². The van der Waals surface area contributed by atoms with Crippen molar-refractivity contribution in [3.8, 4) is 17.1 Å². The predicted octanol–water partition coefficient (Wildman–Crippen LogP) is 4.53. The van der Waals surface area contributed by atoms with Crippen molar-refractivity contribution in [2.24, 2.45) is 0 Å². The van der Waals surface area contributed by atoms with E-state index >= 15 is 0 Å². The molecule has 1 heterocycles. The monoisotopic (exact) mass is 407 g/mol. The minimum Gasteiger partial charge on any atom is -0.489 e. The average Bonchev–Trinajstić information content (AvgIpc) is 3.14. The fraction of sp³-hybridized carbons (Fsp3) is 0.200. The van der Waals surface area contributed by atoms with Crippen LogP contribution < -0.4 is 10.1 Å². The lowest BCUT2D eigenvalue weighted by atomic mass is 10.2. The van der Waals surface area contributed by atoms with E-state index < -0.39 is 12.1 Å².